The van der Waals surface area contributed by atoms with Gasteiger partial charge in [0, 0.05) is 6.20 Å². The van der Waals surface area contributed by atoms with Gasteiger partial charge in [0.25, 0.3) is 0 Å². The van der Waals surface area contributed by atoms with E-state index in [1.165, 1.54) is 19.2 Å². The van der Waals surface area contributed by atoms with E-state index in [2.05, 4.69) is 16.9 Å². The molecule has 0 fully saturated rings. The second-order valence-corrected chi connectivity index (χ2v) is 6.28. The Labute approximate surface area is 107 Å². The van der Waals surface area contributed by atoms with E-state index in [9.17, 15) is 13.2 Å². The molecular weight excluding hydrogens is 252 g/mol. The van der Waals surface area contributed by atoms with Gasteiger partial charge in [0.2, 0.25) is 5.91 Å². The maximum atomic E-state index is 11.8. The van der Waals surface area contributed by atoms with Gasteiger partial charge in [-0.05, 0) is 25.5 Å². The van der Waals surface area contributed by atoms with Crippen LogP contribution in [0, 0.1) is 6.92 Å². The number of hydrogen-bond acceptors (Lipinski definition) is 4. The van der Waals surface area contributed by atoms with Crippen molar-refractivity contribution in [1.82, 2.24) is 4.98 Å². The van der Waals surface area contributed by atoms with E-state index in [0.29, 0.717) is 5.82 Å². The molecule has 18 heavy (non-hydrogen) atoms. The Balaban J connectivity index is 2.84. The second kappa shape index (κ2) is 5.77. The highest BCUT2D eigenvalue weighted by Gasteiger charge is 2.27. The van der Waals surface area contributed by atoms with Gasteiger partial charge in [-0.2, -0.15) is 0 Å². The van der Waals surface area contributed by atoms with E-state index >= 15 is 0 Å². The van der Waals surface area contributed by atoms with Crippen LogP contribution >= 0.6 is 0 Å². The third-order valence-electron chi connectivity index (χ3n) is 2.51. The molecule has 5 nitrogen and oxygen atoms in total. The van der Waals surface area contributed by atoms with E-state index in [1.54, 1.807) is 19.1 Å². The molecule has 1 aromatic rings. The van der Waals surface area contributed by atoms with E-state index in [4.69, 9.17) is 0 Å². The number of rotatable bonds is 5. The predicted molar refractivity (Wildman–Crippen MR) is 71.0 cm³/mol. The monoisotopic (exact) mass is 268 g/mol. The molecule has 1 N–H and O–H groups in total. The minimum absolute atomic E-state index is 0.219. The minimum atomic E-state index is -3.50. The minimum Gasteiger partial charge on any atom is -0.309 e. The SMILES string of the molecule is C=CCS(=O)(=O)C(C)C(=O)Nc1ncccc1C. The summed E-state index contributed by atoms with van der Waals surface area (Å²) in [5.74, 6) is -0.426. The van der Waals surface area contributed by atoms with Gasteiger partial charge in [-0.1, -0.05) is 12.1 Å². The van der Waals surface area contributed by atoms with Crippen molar-refractivity contribution in [2.75, 3.05) is 11.1 Å². The highest BCUT2D eigenvalue weighted by molar-refractivity contribution is 7.92. The van der Waals surface area contributed by atoms with Gasteiger partial charge < -0.3 is 5.32 Å². The van der Waals surface area contributed by atoms with E-state index < -0.39 is 21.0 Å². The number of nitrogens with one attached hydrogen (secondary N) is 1. The Morgan fingerprint density at radius 2 is 2.28 bits per heavy atom. The van der Waals surface area contributed by atoms with Gasteiger partial charge >= 0.3 is 0 Å². The maximum absolute atomic E-state index is 11.8. The molecule has 0 radical (unpaired) electrons. The zero-order valence-electron chi connectivity index (χ0n) is 10.4. The van der Waals surface area contributed by atoms with Crippen LogP contribution in [-0.4, -0.2) is 30.3 Å². The molecule has 0 aromatic carbocycles. The molecule has 6 heteroatoms. The van der Waals surface area contributed by atoms with Crippen LogP contribution in [0.25, 0.3) is 0 Å². The molecule has 1 rings (SSSR count). The first-order chi connectivity index (χ1) is 8.38. The third-order valence-corrected chi connectivity index (χ3v) is 4.50. The fourth-order valence-electron chi connectivity index (χ4n) is 1.31. The largest absolute Gasteiger partial charge is 0.309 e. The standard InChI is InChI=1S/C12H16N2O3S/c1-4-8-18(16,17)10(3)12(15)14-11-9(2)6-5-7-13-11/h4-7,10H,1,8H2,2-3H3,(H,13,14,15). The number of amides is 1. The smallest absolute Gasteiger partial charge is 0.243 e. The number of anilines is 1. The van der Waals surface area contributed by atoms with Crippen LogP contribution in [-0.2, 0) is 14.6 Å². The molecule has 0 saturated carbocycles. The Morgan fingerprint density at radius 3 is 2.83 bits per heavy atom. The van der Waals surface area contributed by atoms with E-state index in [0.717, 1.165) is 5.56 Å². The summed E-state index contributed by atoms with van der Waals surface area (Å²) >= 11 is 0. The molecule has 1 aromatic heterocycles. The average molecular weight is 268 g/mol. The lowest BCUT2D eigenvalue weighted by Crippen LogP contribution is -2.34. The molecule has 1 atom stereocenters. The van der Waals surface area contributed by atoms with Crippen LogP contribution in [0.3, 0.4) is 0 Å². The fourth-order valence-corrected chi connectivity index (χ4v) is 2.31. The molecular formula is C12H16N2O3S. The molecule has 98 valence electrons. The lowest BCUT2D eigenvalue weighted by molar-refractivity contribution is -0.115. The number of carbonyl (C=O) groups is 1. The maximum Gasteiger partial charge on any atom is 0.243 e. The summed E-state index contributed by atoms with van der Waals surface area (Å²) in [6.45, 7) is 6.50. The van der Waals surface area contributed by atoms with Crippen LogP contribution in [0.1, 0.15) is 12.5 Å². The first-order valence-electron chi connectivity index (χ1n) is 5.43. The van der Waals surface area contributed by atoms with Gasteiger partial charge in [-0.15, -0.1) is 6.58 Å². The number of aryl methyl sites for hydroxylation is 1. The van der Waals surface area contributed by atoms with Gasteiger partial charge in [-0.3, -0.25) is 4.79 Å². The highest BCUT2D eigenvalue weighted by Crippen LogP contribution is 2.11. The van der Waals surface area contributed by atoms with Crippen molar-refractivity contribution in [3.8, 4) is 0 Å². The lowest BCUT2D eigenvalue weighted by atomic mass is 10.3. The number of carbonyl (C=O) groups excluding carboxylic acids is 1. The summed E-state index contributed by atoms with van der Waals surface area (Å²) in [4.78, 5) is 15.8. The Hall–Kier alpha value is -1.69. The number of sulfone groups is 1. The van der Waals surface area contributed by atoms with Crippen molar-refractivity contribution in [3.05, 3.63) is 36.5 Å². The Bertz CT molecular complexity index is 552. The molecule has 0 aliphatic heterocycles. The molecule has 0 aliphatic rings. The van der Waals surface area contributed by atoms with Crippen molar-refractivity contribution >= 4 is 21.6 Å². The molecule has 0 bridgehead atoms. The van der Waals surface area contributed by atoms with Crippen LogP contribution < -0.4 is 5.32 Å². The molecule has 1 unspecified atom stereocenters. The molecule has 0 spiro atoms. The molecule has 0 saturated heterocycles. The number of aromatic nitrogens is 1. The van der Waals surface area contributed by atoms with Gasteiger partial charge in [-0.25, -0.2) is 13.4 Å². The normalized spacial score (nSPS) is 12.8. The first-order valence-corrected chi connectivity index (χ1v) is 7.15. The zero-order valence-corrected chi connectivity index (χ0v) is 11.2. The molecule has 1 heterocycles. The van der Waals surface area contributed by atoms with E-state index in [1.807, 2.05) is 0 Å². The van der Waals surface area contributed by atoms with Crippen LogP contribution in [0.4, 0.5) is 5.82 Å². The number of nitrogens with zero attached hydrogens (tertiary/aromatic N) is 1. The summed E-state index contributed by atoms with van der Waals surface area (Å²) < 4.78 is 23.4. The van der Waals surface area contributed by atoms with Crippen LogP contribution in [0.15, 0.2) is 31.0 Å². The van der Waals surface area contributed by atoms with Crippen LogP contribution in [0.2, 0.25) is 0 Å². The van der Waals surface area contributed by atoms with Gasteiger partial charge in [0.1, 0.15) is 11.1 Å². The Morgan fingerprint density at radius 1 is 1.61 bits per heavy atom. The van der Waals surface area contributed by atoms with Crippen molar-refractivity contribution < 1.29 is 13.2 Å². The number of hydrogen-bond donors (Lipinski definition) is 1. The third kappa shape index (κ3) is 3.40. The van der Waals surface area contributed by atoms with Gasteiger partial charge in [0.15, 0.2) is 9.84 Å². The summed E-state index contributed by atoms with van der Waals surface area (Å²) in [7, 11) is -3.50. The van der Waals surface area contributed by atoms with Crippen molar-refractivity contribution in [1.29, 1.82) is 0 Å². The summed E-state index contributed by atoms with van der Waals surface area (Å²) in [5, 5.41) is 1.38. The Kier molecular flexibility index (Phi) is 4.61. The highest BCUT2D eigenvalue weighted by atomic mass is 32.2. The second-order valence-electron chi connectivity index (χ2n) is 3.92. The molecule has 1 amide bonds. The molecule has 0 aliphatic carbocycles. The predicted octanol–water partition coefficient (Wildman–Crippen LogP) is 1.32. The first kappa shape index (κ1) is 14.4. The quantitative estimate of drug-likeness (QED) is 0.817. The average Bonchev–Trinajstić information content (AvgIpc) is 2.31. The fraction of sp³-hybridized carbons (Fsp3) is 0.333. The van der Waals surface area contributed by atoms with Crippen molar-refractivity contribution in [3.63, 3.8) is 0 Å². The summed E-state index contributed by atoms with van der Waals surface area (Å²) in [5.41, 5.74) is 0.777. The lowest BCUT2D eigenvalue weighted by Gasteiger charge is -2.12. The van der Waals surface area contributed by atoms with Gasteiger partial charge in [0.05, 0.1) is 5.75 Å². The summed E-state index contributed by atoms with van der Waals surface area (Å²) in [6, 6.07) is 3.52. The number of pyridine rings is 1. The zero-order chi connectivity index (χ0) is 13.8. The van der Waals surface area contributed by atoms with Crippen LogP contribution in [0.5, 0.6) is 0 Å². The van der Waals surface area contributed by atoms with E-state index in [-0.39, 0.29) is 5.75 Å². The topological polar surface area (TPSA) is 76.1 Å². The van der Waals surface area contributed by atoms with Crippen molar-refractivity contribution in [2.45, 2.75) is 19.1 Å². The summed E-state index contributed by atoms with van der Waals surface area (Å²) in [6.07, 6.45) is 2.80. The van der Waals surface area contributed by atoms with Crippen molar-refractivity contribution in [2.24, 2.45) is 0 Å².